The van der Waals surface area contributed by atoms with Crippen LogP contribution in [-0.2, 0) is 11.3 Å². The van der Waals surface area contributed by atoms with Gasteiger partial charge in [0.2, 0.25) is 5.95 Å². The fraction of sp³-hybridized carbons (Fsp3) is 0.769. The molecule has 0 aromatic carbocycles. The van der Waals surface area contributed by atoms with Crippen molar-refractivity contribution in [2.24, 2.45) is 5.92 Å². The van der Waals surface area contributed by atoms with E-state index in [0.717, 1.165) is 44.4 Å². The van der Waals surface area contributed by atoms with Crippen LogP contribution in [0.15, 0.2) is 6.20 Å². The molecular weight excluding hydrogens is 214 g/mol. The van der Waals surface area contributed by atoms with Crippen molar-refractivity contribution >= 4 is 5.95 Å². The van der Waals surface area contributed by atoms with Crippen molar-refractivity contribution in [1.29, 1.82) is 0 Å². The summed E-state index contributed by atoms with van der Waals surface area (Å²) in [6.07, 6.45) is 3.19. The van der Waals surface area contributed by atoms with Crippen LogP contribution in [0.25, 0.3) is 0 Å². The SMILES string of the molecule is CCn1cc(C)nc1NCCOCCC(C)C. The minimum Gasteiger partial charge on any atom is -0.380 e. The minimum atomic E-state index is 0.713. The van der Waals surface area contributed by atoms with Gasteiger partial charge in [0.25, 0.3) is 0 Å². The Hall–Kier alpha value is -1.03. The van der Waals surface area contributed by atoms with Crippen molar-refractivity contribution in [3.05, 3.63) is 11.9 Å². The van der Waals surface area contributed by atoms with Crippen molar-refractivity contribution in [3.63, 3.8) is 0 Å². The molecule has 0 bridgehead atoms. The van der Waals surface area contributed by atoms with Crippen LogP contribution in [0.5, 0.6) is 0 Å². The lowest BCUT2D eigenvalue weighted by atomic mass is 10.1. The highest BCUT2D eigenvalue weighted by Crippen LogP contribution is 2.07. The zero-order valence-electron chi connectivity index (χ0n) is 11.5. The normalized spacial score (nSPS) is 11.1. The molecule has 1 N–H and O–H groups in total. The summed E-state index contributed by atoms with van der Waals surface area (Å²) in [5.41, 5.74) is 1.05. The topological polar surface area (TPSA) is 39.1 Å². The highest BCUT2D eigenvalue weighted by molar-refractivity contribution is 5.28. The molecule has 0 saturated carbocycles. The maximum atomic E-state index is 5.55. The maximum absolute atomic E-state index is 5.55. The smallest absolute Gasteiger partial charge is 0.203 e. The highest BCUT2D eigenvalue weighted by Gasteiger charge is 2.02. The van der Waals surface area contributed by atoms with Gasteiger partial charge in [-0.25, -0.2) is 4.98 Å². The Kier molecular flexibility index (Phi) is 6.05. The number of aryl methyl sites for hydroxylation is 2. The largest absolute Gasteiger partial charge is 0.380 e. The van der Waals surface area contributed by atoms with E-state index >= 15 is 0 Å². The Labute approximate surface area is 104 Å². The first-order chi connectivity index (χ1) is 8.13. The molecule has 0 fully saturated rings. The minimum absolute atomic E-state index is 0.713. The van der Waals surface area contributed by atoms with Crippen LogP contribution in [0.4, 0.5) is 5.95 Å². The van der Waals surface area contributed by atoms with Crippen molar-refractivity contribution in [2.75, 3.05) is 25.1 Å². The third-order valence-corrected chi connectivity index (χ3v) is 2.61. The van der Waals surface area contributed by atoms with Crippen LogP contribution in [0.2, 0.25) is 0 Å². The summed E-state index contributed by atoms with van der Waals surface area (Å²) < 4.78 is 7.66. The van der Waals surface area contributed by atoms with Crippen LogP contribution >= 0.6 is 0 Å². The molecule has 4 heteroatoms. The molecule has 1 rings (SSSR count). The molecule has 4 nitrogen and oxygen atoms in total. The monoisotopic (exact) mass is 239 g/mol. The van der Waals surface area contributed by atoms with E-state index in [2.05, 4.69) is 41.8 Å². The molecule has 98 valence electrons. The van der Waals surface area contributed by atoms with Crippen LogP contribution in [0.1, 0.15) is 32.9 Å². The van der Waals surface area contributed by atoms with Gasteiger partial charge in [-0.3, -0.25) is 0 Å². The molecule has 0 aliphatic rings. The summed E-state index contributed by atoms with van der Waals surface area (Å²) in [5.74, 6) is 1.65. The number of hydrogen-bond acceptors (Lipinski definition) is 3. The lowest BCUT2D eigenvalue weighted by Gasteiger charge is -2.09. The Morgan fingerprint density at radius 1 is 1.41 bits per heavy atom. The van der Waals surface area contributed by atoms with Gasteiger partial charge in [-0.05, 0) is 26.2 Å². The fourth-order valence-corrected chi connectivity index (χ4v) is 1.59. The van der Waals surface area contributed by atoms with Gasteiger partial charge in [0, 0.05) is 25.9 Å². The molecule has 0 radical (unpaired) electrons. The number of nitrogens with zero attached hydrogens (tertiary/aromatic N) is 2. The van der Waals surface area contributed by atoms with E-state index in [1.165, 1.54) is 0 Å². The molecule has 0 amide bonds. The predicted octanol–water partition coefficient (Wildman–Crippen LogP) is 2.69. The summed E-state index contributed by atoms with van der Waals surface area (Å²) >= 11 is 0. The number of imidazole rings is 1. The maximum Gasteiger partial charge on any atom is 0.203 e. The molecule has 1 heterocycles. The molecule has 0 aliphatic heterocycles. The highest BCUT2D eigenvalue weighted by atomic mass is 16.5. The van der Waals surface area contributed by atoms with Gasteiger partial charge < -0.3 is 14.6 Å². The first-order valence-corrected chi connectivity index (χ1v) is 6.48. The second-order valence-electron chi connectivity index (χ2n) is 4.71. The van der Waals surface area contributed by atoms with Crippen molar-refractivity contribution in [1.82, 2.24) is 9.55 Å². The van der Waals surface area contributed by atoms with E-state index in [1.54, 1.807) is 0 Å². The van der Waals surface area contributed by atoms with E-state index < -0.39 is 0 Å². The van der Waals surface area contributed by atoms with Gasteiger partial charge >= 0.3 is 0 Å². The van der Waals surface area contributed by atoms with E-state index in [-0.39, 0.29) is 0 Å². The van der Waals surface area contributed by atoms with Crippen molar-refractivity contribution in [3.8, 4) is 0 Å². The van der Waals surface area contributed by atoms with Gasteiger partial charge in [-0.1, -0.05) is 13.8 Å². The third-order valence-electron chi connectivity index (χ3n) is 2.61. The fourth-order valence-electron chi connectivity index (χ4n) is 1.59. The van der Waals surface area contributed by atoms with Gasteiger partial charge in [-0.2, -0.15) is 0 Å². The van der Waals surface area contributed by atoms with Crippen LogP contribution in [-0.4, -0.2) is 29.3 Å². The Morgan fingerprint density at radius 3 is 2.82 bits per heavy atom. The molecular formula is C13H25N3O. The molecule has 1 aromatic heterocycles. The van der Waals surface area contributed by atoms with Gasteiger partial charge in [0.15, 0.2) is 0 Å². The third kappa shape index (κ3) is 5.22. The number of aromatic nitrogens is 2. The number of anilines is 1. The Bertz CT molecular complexity index is 320. The van der Waals surface area contributed by atoms with Crippen LogP contribution in [0, 0.1) is 12.8 Å². The van der Waals surface area contributed by atoms with Crippen LogP contribution in [0.3, 0.4) is 0 Å². The van der Waals surface area contributed by atoms with Crippen molar-refractivity contribution in [2.45, 2.75) is 40.7 Å². The molecule has 0 aliphatic carbocycles. The van der Waals surface area contributed by atoms with Gasteiger partial charge in [-0.15, -0.1) is 0 Å². The summed E-state index contributed by atoms with van der Waals surface area (Å²) in [4.78, 5) is 4.42. The van der Waals surface area contributed by atoms with Crippen molar-refractivity contribution < 1.29 is 4.74 Å². The zero-order valence-corrected chi connectivity index (χ0v) is 11.5. The Morgan fingerprint density at radius 2 is 2.18 bits per heavy atom. The second-order valence-corrected chi connectivity index (χ2v) is 4.71. The average molecular weight is 239 g/mol. The molecule has 0 unspecified atom stereocenters. The summed E-state index contributed by atoms with van der Waals surface area (Å²) in [7, 11) is 0. The number of nitrogens with one attached hydrogen (secondary N) is 1. The Balaban J connectivity index is 2.17. The quantitative estimate of drug-likeness (QED) is 0.709. The summed E-state index contributed by atoms with van der Waals surface area (Å²) in [5, 5.41) is 3.30. The van der Waals surface area contributed by atoms with Gasteiger partial charge in [0.05, 0.1) is 12.3 Å². The predicted molar refractivity (Wildman–Crippen MR) is 71.4 cm³/mol. The van der Waals surface area contributed by atoms with Gasteiger partial charge in [0.1, 0.15) is 0 Å². The average Bonchev–Trinajstić information content (AvgIpc) is 2.63. The zero-order chi connectivity index (χ0) is 12.7. The molecule has 17 heavy (non-hydrogen) atoms. The molecule has 1 aromatic rings. The molecule has 0 spiro atoms. The van der Waals surface area contributed by atoms with E-state index in [1.807, 2.05) is 6.92 Å². The molecule has 0 atom stereocenters. The number of ether oxygens (including phenoxy) is 1. The summed E-state index contributed by atoms with van der Waals surface area (Å²) in [6.45, 7) is 11.9. The summed E-state index contributed by atoms with van der Waals surface area (Å²) in [6, 6.07) is 0. The second kappa shape index (κ2) is 7.33. The number of hydrogen-bond donors (Lipinski definition) is 1. The lowest BCUT2D eigenvalue weighted by molar-refractivity contribution is 0.132. The van der Waals surface area contributed by atoms with E-state index in [4.69, 9.17) is 4.74 Å². The molecule has 0 saturated heterocycles. The first-order valence-electron chi connectivity index (χ1n) is 6.48. The standard InChI is InChI=1S/C13H25N3O/c1-5-16-10-12(4)15-13(16)14-7-9-17-8-6-11(2)3/h10-11H,5-9H2,1-4H3,(H,14,15). The lowest BCUT2D eigenvalue weighted by Crippen LogP contribution is -2.13. The first kappa shape index (κ1) is 14.0. The number of rotatable bonds is 8. The van der Waals surface area contributed by atoms with E-state index in [0.29, 0.717) is 5.92 Å². The van der Waals surface area contributed by atoms with E-state index in [9.17, 15) is 0 Å². The van der Waals surface area contributed by atoms with Crippen LogP contribution < -0.4 is 5.32 Å².